The molecule has 3 rings (SSSR count). The number of hydrogen-bond donors (Lipinski definition) is 2. The maximum Gasteiger partial charge on any atom is 0.0664 e. The maximum absolute atomic E-state index is 9.80. The first-order valence-electron chi connectivity index (χ1n) is 7.71. The van der Waals surface area contributed by atoms with E-state index in [9.17, 15) is 5.11 Å². The topological polar surface area (TPSA) is 32.3 Å². The monoisotopic (exact) mass is 237 g/mol. The summed E-state index contributed by atoms with van der Waals surface area (Å²) >= 11 is 0. The number of fused-ring (bicyclic) bond motifs is 5. The molecule has 0 amide bonds. The Hall–Kier alpha value is -0.0800. The Morgan fingerprint density at radius 2 is 2.00 bits per heavy atom. The molecule has 2 bridgehead atoms. The quantitative estimate of drug-likeness (QED) is 0.770. The number of aliphatic hydroxyl groups is 1. The van der Waals surface area contributed by atoms with Crippen LogP contribution in [0.5, 0.6) is 0 Å². The van der Waals surface area contributed by atoms with E-state index in [1.54, 1.807) is 0 Å². The van der Waals surface area contributed by atoms with E-state index < -0.39 is 0 Å². The van der Waals surface area contributed by atoms with Crippen LogP contribution < -0.4 is 5.32 Å². The summed E-state index contributed by atoms with van der Waals surface area (Å²) in [7, 11) is 0. The first kappa shape index (κ1) is 12.0. The van der Waals surface area contributed by atoms with E-state index in [4.69, 9.17) is 0 Å². The fourth-order valence-corrected chi connectivity index (χ4v) is 5.03. The standard InChI is InChI=1S/C15H27NO/c1-2-4-11(17)9-16-15-8-10-7-14(15)13-6-3-5-12(10)13/h10-17H,2-9H2,1H3. The highest BCUT2D eigenvalue weighted by atomic mass is 16.3. The number of aliphatic hydroxyl groups excluding tert-OH is 1. The van der Waals surface area contributed by atoms with Crippen LogP contribution in [0, 0.1) is 23.7 Å². The van der Waals surface area contributed by atoms with Crippen LogP contribution in [0.25, 0.3) is 0 Å². The van der Waals surface area contributed by atoms with E-state index in [0.29, 0.717) is 0 Å². The summed E-state index contributed by atoms with van der Waals surface area (Å²) in [6.45, 7) is 2.96. The molecule has 6 unspecified atom stereocenters. The van der Waals surface area contributed by atoms with Gasteiger partial charge in [0.1, 0.15) is 0 Å². The van der Waals surface area contributed by atoms with Crippen molar-refractivity contribution >= 4 is 0 Å². The van der Waals surface area contributed by atoms with Gasteiger partial charge in [-0.2, -0.15) is 0 Å². The second-order valence-electron chi connectivity index (χ2n) is 6.61. The minimum Gasteiger partial charge on any atom is -0.392 e. The Kier molecular flexibility index (Phi) is 3.45. The van der Waals surface area contributed by atoms with Gasteiger partial charge in [-0.3, -0.25) is 0 Å². The fraction of sp³-hybridized carbons (Fsp3) is 1.00. The average Bonchev–Trinajstić information content (AvgIpc) is 2.98. The molecule has 3 aliphatic carbocycles. The number of hydrogen-bond acceptors (Lipinski definition) is 2. The van der Waals surface area contributed by atoms with Crippen LogP contribution in [0.2, 0.25) is 0 Å². The minimum atomic E-state index is -0.126. The molecule has 0 spiro atoms. The van der Waals surface area contributed by atoms with Gasteiger partial charge in [0.25, 0.3) is 0 Å². The van der Waals surface area contributed by atoms with Crippen molar-refractivity contribution in [1.82, 2.24) is 5.32 Å². The normalized spacial score (nSPS) is 45.2. The van der Waals surface area contributed by atoms with E-state index in [1.807, 2.05) is 0 Å². The van der Waals surface area contributed by atoms with Crippen molar-refractivity contribution in [3.63, 3.8) is 0 Å². The summed E-state index contributed by atoms with van der Waals surface area (Å²) in [4.78, 5) is 0. The van der Waals surface area contributed by atoms with Gasteiger partial charge in [0.05, 0.1) is 6.10 Å². The molecule has 0 heterocycles. The van der Waals surface area contributed by atoms with Crippen LogP contribution in [-0.4, -0.2) is 23.8 Å². The van der Waals surface area contributed by atoms with Gasteiger partial charge < -0.3 is 10.4 Å². The Balaban J connectivity index is 1.50. The van der Waals surface area contributed by atoms with Crippen LogP contribution >= 0.6 is 0 Å². The lowest BCUT2D eigenvalue weighted by Crippen LogP contribution is -2.42. The second kappa shape index (κ2) is 4.89. The molecule has 17 heavy (non-hydrogen) atoms. The van der Waals surface area contributed by atoms with Crippen LogP contribution in [0.1, 0.15) is 51.9 Å². The van der Waals surface area contributed by atoms with Crippen LogP contribution in [-0.2, 0) is 0 Å². The molecular formula is C15H27NO. The highest BCUT2D eigenvalue weighted by Gasteiger charge is 2.53. The van der Waals surface area contributed by atoms with Gasteiger partial charge in [0.15, 0.2) is 0 Å². The Labute approximate surface area is 105 Å². The highest BCUT2D eigenvalue weighted by molar-refractivity contribution is 5.05. The van der Waals surface area contributed by atoms with Crippen LogP contribution in [0.15, 0.2) is 0 Å². The van der Waals surface area contributed by atoms with Crippen LogP contribution in [0.4, 0.5) is 0 Å². The molecule has 2 nitrogen and oxygen atoms in total. The highest BCUT2D eigenvalue weighted by Crippen LogP contribution is 2.58. The largest absolute Gasteiger partial charge is 0.392 e. The molecule has 0 radical (unpaired) electrons. The van der Waals surface area contributed by atoms with Crippen LogP contribution in [0.3, 0.4) is 0 Å². The maximum atomic E-state index is 9.80. The van der Waals surface area contributed by atoms with Gasteiger partial charge in [-0.25, -0.2) is 0 Å². The molecule has 98 valence electrons. The van der Waals surface area contributed by atoms with Gasteiger partial charge >= 0.3 is 0 Å². The van der Waals surface area contributed by atoms with Gasteiger partial charge in [-0.15, -0.1) is 0 Å². The zero-order valence-corrected chi connectivity index (χ0v) is 11.1. The van der Waals surface area contributed by atoms with E-state index in [2.05, 4.69) is 12.2 Å². The number of nitrogens with one attached hydrogen (secondary N) is 1. The predicted octanol–water partition coefficient (Wildman–Crippen LogP) is 2.56. The summed E-state index contributed by atoms with van der Waals surface area (Å²) in [5, 5.41) is 13.5. The third kappa shape index (κ3) is 2.15. The predicted molar refractivity (Wildman–Crippen MR) is 69.8 cm³/mol. The second-order valence-corrected chi connectivity index (χ2v) is 6.61. The zero-order valence-electron chi connectivity index (χ0n) is 11.1. The molecule has 3 fully saturated rings. The third-order valence-corrected chi connectivity index (χ3v) is 5.67. The first-order valence-corrected chi connectivity index (χ1v) is 7.71. The van der Waals surface area contributed by atoms with Crippen molar-refractivity contribution in [2.24, 2.45) is 23.7 Å². The molecule has 0 aromatic carbocycles. The summed E-state index contributed by atoms with van der Waals surface area (Å²) < 4.78 is 0. The van der Waals surface area contributed by atoms with Crippen molar-refractivity contribution in [1.29, 1.82) is 0 Å². The van der Waals surface area contributed by atoms with E-state index in [1.165, 1.54) is 32.1 Å². The molecule has 3 saturated carbocycles. The Bertz CT molecular complexity index is 268. The van der Waals surface area contributed by atoms with Crippen molar-refractivity contribution in [2.45, 2.75) is 64.0 Å². The van der Waals surface area contributed by atoms with Gasteiger partial charge in [-0.05, 0) is 55.8 Å². The van der Waals surface area contributed by atoms with Crippen molar-refractivity contribution in [3.8, 4) is 0 Å². The zero-order chi connectivity index (χ0) is 11.8. The molecule has 6 atom stereocenters. The molecule has 3 aliphatic rings. The molecular weight excluding hydrogens is 210 g/mol. The average molecular weight is 237 g/mol. The van der Waals surface area contributed by atoms with E-state index in [-0.39, 0.29) is 6.10 Å². The first-order chi connectivity index (χ1) is 8.29. The van der Waals surface area contributed by atoms with Crippen molar-refractivity contribution in [3.05, 3.63) is 0 Å². The smallest absolute Gasteiger partial charge is 0.0664 e. The molecule has 0 saturated heterocycles. The summed E-state index contributed by atoms with van der Waals surface area (Å²) in [6, 6.07) is 0.728. The van der Waals surface area contributed by atoms with Gasteiger partial charge in [0.2, 0.25) is 0 Å². The minimum absolute atomic E-state index is 0.126. The van der Waals surface area contributed by atoms with Crippen molar-refractivity contribution in [2.75, 3.05) is 6.54 Å². The Morgan fingerprint density at radius 1 is 1.18 bits per heavy atom. The molecule has 0 aromatic heterocycles. The van der Waals surface area contributed by atoms with Crippen molar-refractivity contribution < 1.29 is 5.11 Å². The molecule has 0 aromatic rings. The molecule has 2 heteroatoms. The van der Waals surface area contributed by atoms with Gasteiger partial charge in [0, 0.05) is 12.6 Å². The lowest BCUT2D eigenvalue weighted by atomic mass is 9.79. The summed E-state index contributed by atoms with van der Waals surface area (Å²) in [6.07, 6.45) is 9.26. The van der Waals surface area contributed by atoms with Gasteiger partial charge in [-0.1, -0.05) is 19.8 Å². The summed E-state index contributed by atoms with van der Waals surface area (Å²) in [5.74, 6) is 4.09. The molecule has 0 aliphatic heterocycles. The Morgan fingerprint density at radius 3 is 2.82 bits per heavy atom. The lowest BCUT2D eigenvalue weighted by Gasteiger charge is -2.32. The number of rotatable bonds is 5. The fourth-order valence-electron chi connectivity index (χ4n) is 5.03. The van der Waals surface area contributed by atoms with E-state index >= 15 is 0 Å². The van der Waals surface area contributed by atoms with E-state index in [0.717, 1.165) is 49.1 Å². The molecule has 2 N–H and O–H groups in total. The lowest BCUT2D eigenvalue weighted by molar-refractivity contribution is 0.139. The third-order valence-electron chi connectivity index (χ3n) is 5.67. The SMILES string of the molecule is CCCC(O)CNC1CC2CC1C1CCCC21. The summed E-state index contributed by atoms with van der Waals surface area (Å²) in [5.41, 5.74) is 0.